The lowest BCUT2D eigenvalue weighted by atomic mass is 10.1. The summed E-state index contributed by atoms with van der Waals surface area (Å²) < 4.78 is 11.1. The summed E-state index contributed by atoms with van der Waals surface area (Å²) >= 11 is 1.73. The van der Waals surface area contributed by atoms with E-state index in [0.29, 0.717) is 13.0 Å². The van der Waals surface area contributed by atoms with Gasteiger partial charge in [-0.15, -0.1) is 11.8 Å². The molecule has 5 nitrogen and oxygen atoms in total. The van der Waals surface area contributed by atoms with Crippen LogP contribution in [0.4, 0.5) is 0 Å². The van der Waals surface area contributed by atoms with Gasteiger partial charge in [0.1, 0.15) is 16.9 Å². The second kappa shape index (κ2) is 7.57. The summed E-state index contributed by atoms with van der Waals surface area (Å²) in [5, 5.41) is -0.141. The number of nitrogens with zero attached hydrogens (tertiary/aromatic N) is 2. The largest absolute Gasteiger partial charge is 0.496 e. The maximum absolute atomic E-state index is 12.6. The van der Waals surface area contributed by atoms with Gasteiger partial charge in [-0.05, 0) is 23.8 Å². The van der Waals surface area contributed by atoms with Gasteiger partial charge < -0.3 is 14.4 Å². The SMILES string of the molecule is COc1cccc(OC)c1C1SCCC(=O)N1Cc1cccnc1. The first-order valence-electron chi connectivity index (χ1n) is 7.75. The summed E-state index contributed by atoms with van der Waals surface area (Å²) in [7, 11) is 3.28. The van der Waals surface area contributed by atoms with E-state index in [0.717, 1.165) is 28.4 Å². The number of hydrogen-bond acceptors (Lipinski definition) is 5. The molecule has 1 fully saturated rings. The highest BCUT2D eigenvalue weighted by Crippen LogP contribution is 2.46. The monoisotopic (exact) mass is 344 g/mol. The van der Waals surface area contributed by atoms with Crippen molar-refractivity contribution in [1.29, 1.82) is 0 Å². The van der Waals surface area contributed by atoms with Crippen molar-refractivity contribution >= 4 is 17.7 Å². The fourth-order valence-electron chi connectivity index (χ4n) is 2.84. The average molecular weight is 344 g/mol. The highest BCUT2D eigenvalue weighted by atomic mass is 32.2. The molecule has 0 spiro atoms. The van der Waals surface area contributed by atoms with Crippen LogP contribution in [0.2, 0.25) is 0 Å². The Labute approximate surface area is 146 Å². The molecule has 0 bridgehead atoms. The lowest BCUT2D eigenvalue weighted by Crippen LogP contribution is -2.37. The third-order valence-electron chi connectivity index (χ3n) is 3.98. The zero-order chi connectivity index (χ0) is 16.9. The minimum absolute atomic E-state index is 0.135. The molecule has 1 atom stereocenters. The predicted octanol–water partition coefficient (Wildman–Crippen LogP) is 3.26. The molecule has 1 unspecified atom stereocenters. The molecule has 24 heavy (non-hydrogen) atoms. The van der Waals surface area contributed by atoms with Crippen molar-refractivity contribution in [3.8, 4) is 11.5 Å². The highest BCUT2D eigenvalue weighted by Gasteiger charge is 2.33. The van der Waals surface area contributed by atoms with E-state index in [1.165, 1.54) is 0 Å². The van der Waals surface area contributed by atoms with Crippen LogP contribution in [0.15, 0.2) is 42.7 Å². The third-order valence-corrected chi connectivity index (χ3v) is 5.23. The topological polar surface area (TPSA) is 51.7 Å². The molecule has 3 rings (SSSR count). The number of carbonyl (C=O) groups is 1. The fraction of sp³-hybridized carbons (Fsp3) is 0.333. The molecule has 2 aromatic rings. The van der Waals surface area contributed by atoms with Gasteiger partial charge in [-0.3, -0.25) is 9.78 Å². The van der Waals surface area contributed by atoms with E-state index < -0.39 is 0 Å². The molecule has 1 amide bonds. The van der Waals surface area contributed by atoms with Crippen LogP contribution in [-0.2, 0) is 11.3 Å². The van der Waals surface area contributed by atoms with Crippen molar-refractivity contribution in [2.24, 2.45) is 0 Å². The first kappa shape index (κ1) is 16.6. The molecule has 1 aromatic carbocycles. The first-order valence-corrected chi connectivity index (χ1v) is 8.80. The van der Waals surface area contributed by atoms with Gasteiger partial charge in [-0.2, -0.15) is 0 Å². The number of amides is 1. The second-order valence-electron chi connectivity index (χ2n) is 5.43. The van der Waals surface area contributed by atoms with E-state index >= 15 is 0 Å². The Morgan fingerprint density at radius 1 is 1.21 bits per heavy atom. The number of hydrogen-bond donors (Lipinski definition) is 0. The standard InChI is InChI=1S/C18H20N2O3S/c1-22-14-6-3-7-15(23-2)17(14)18-20(16(21)8-10-24-18)12-13-5-4-9-19-11-13/h3-7,9,11,18H,8,10,12H2,1-2H3. The Morgan fingerprint density at radius 3 is 2.58 bits per heavy atom. The number of rotatable bonds is 5. The Kier molecular flexibility index (Phi) is 5.25. The zero-order valence-corrected chi connectivity index (χ0v) is 14.6. The van der Waals surface area contributed by atoms with Crippen molar-refractivity contribution in [3.05, 3.63) is 53.9 Å². The summed E-state index contributed by atoms with van der Waals surface area (Å²) in [5.74, 6) is 2.39. The summed E-state index contributed by atoms with van der Waals surface area (Å²) in [6.45, 7) is 0.519. The summed E-state index contributed by atoms with van der Waals surface area (Å²) in [6, 6.07) is 9.56. The number of carbonyl (C=O) groups excluding carboxylic acids is 1. The molecule has 6 heteroatoms. The van der Waals surface area contributed by atoms with Crippen LogP contribution in [0.1, 0.15) is 22.9 Å². The van der Waals surface area contributed by atoms with Gasteiger partial charge in [0.2, 0.25) is 5.91 Å². The molecule has 2 heterocycles. The maximum Gasteiger partial charge on any atom is 0.224 e. The number of thioether (sulfide) groups is 1. The summed E-state index contributed by atoms with van der Waals surface area (Å²) in [5.41, 5.74) is 1.91. The van der Waals surface area contributed by atoms with Gasteiger partial charge in [0.05, 0.1) is 19.8 Å². The minimum atomic E-state index is -0.141. The molecule has 1 aromatic heterocycles. The van der Waals surface area contributed by atoms with Gasteiger partial charge in [0.15, 0.2) is 0 Å². The number of aromatic nitrogens is 1. The molecule has 1 aliphatic rings. The minimum Gasteiger partial charge on any atom is -0.496 e. The molecule has 0 aliphatic carbocycles. The highest BCUT2D eigenvalue weighted by molar-refractivity contribution is 7.99. The van der Waals surface area contributed by atoms with E-state index in [2.05, 4.69) is 4.98 Å². The molecule has 1 saturated heterocycles. The molecule has 0 radical (unpaired) electrons. The van der Waals surface area contributed by atoms with Crippen LogP contribution in [0, 0.1) is 0 Å². The van der Waals surface area contributed by atoms with Crippen LogP contribution in [-0.4, -0.2) is 35.8 Å². The van der Waals surface area contributed by atoms with Gasteiger partial charge in [-0.1, -0.05) is 12.1 Å². The van der Waals surface area contributed by atoms with Gasteiger partial charge in [-0.25, -0.2) is 0 Å². The van der Waals surface area contributed by atoms with E-state index in [1.54, 1.807) is 38.4 Å². The Hall–Kier alpha value is -2.21. The van der Waals surface area contributed by atoms with E-state index in [-0.39, 0.29) is 11.3 Å². The molecule has 126 valence electrons. The van der Waals surface area contributed by atoms with Crippen LogP contribution >= 0.6 is 11.8 Å². The molecular weight excluding hydrogens is 324 g/mol. The molecule has 0 N–H and O–H groups in total. The Balaban J connectivity index is 1.99. The lowest BCUT2D eigenvalue weighted by Gasteiger charge is -2.36. The smallest absolute Gasteiger partial charge is 0.224 e. The van der Waals surface area contributed by atoms with Gasteiger partial charge in [0.25, 0.3) is 0 Å². The Morgan fingerprint density at radius 2 is 1.96 bits per heavy atom. The fourth-order valence-corrected chi connectivity index (χ4v) is 4.13. The van der Waals surface area contributed by atoms with Crippen molar-refractivity contribution in [3.63, 3.8) is 0 Å². The van der Waals surface area contributed by atoms with Crippen molar-refractivity contribution < 1.29 is 14.3 Å². The van der Waals surface area contributed by atoms with Crippen LogP contribution in [0.5, 0.6) is 11.5 Å². The molecule has 1 aliphatic heterocycles. The van der Waals surface area contributed by atoms with Crippen molar-refractivity contribution in [2.45, 2.75) is 18.3 Å². The van der Waals surface area contributed by atoms with Crippen LogP contribution in [0.3, 0.4) is 0 Å². The van der Waals surface area contributed by atoms with Gasteiger partial charge in [0, 0.05) is 31.1 Å². The number of methoxy groups -OCH3 is 2. The van der Waals surface area contributed by atoms with E-state index in [1.807, 2.05) is 35.2 Å². The second-order valence-corrected chi connectivity index (χ2v) is 6.62. The normalized spacial score (nSPS) is 17.7. The number of benzene rings is 1. The number of ether oxygens (including phenoxy) is 2. The van der Waals surface area contributed by atoms with Gasteiger partial charge >= 0.3 is 0 Å². The van der Waals surface area contributed by atoms with Crippen molar-refractivity contribution in [2.75, 3.05) is 20.0 Å². The quantitative estimate of drug-likeness (QED) is 0.833. The van der Waals surface area contributed by atoms with Crippen LogP contribution < -0.4 is 9.47 Å². The van der Waals surface area contributed by atoms with E-state index in [9.17, 15) is 4.79 Å². The van der Waals surface area contributed by atoms with Crippen molar-refractivity contribution in [1.82, 2.24) is 9.88 Å². The zero-order valence-electron chi connectivity index (χ0n) is 13.8. The average Bonchev–Trinajstić information content (AvgIpc) is 2.63. The predicted molar refractivity (Wildman–Crippen MR) is 94.1 cm³/mol. The third kappa shape index (κ3) is 3.33. The summed E-state index contributed by atoms with van der Waals surface area (Å²) in [6.07, 6.45) is 4.07. The molecule has 0 saturated carbocycles. The van der Waals surface area contributed by atoms with Crippen LogP contribution in [0.25, 0.3) is 0 Å². The maximum atomic E-state index is 12.6. The first-order chi connectivity index (χ1) is 11.7. The Bertz CT molecular complexity index is 686. The molecular formula is C18H20N2O3S. The van der Waals surface area contributed by atoms with E-state index in [4.69, 9.17) is 9.47 Å². The summed E-state index contributed by atoms with van der Waals surface area (Å²) in [4.78, 5) is 18.6. The number of pyridine rings is 1. The lowest BCUT2D eigenvalue weighted by molar-refractivity contribution is -0.132.